The molecule has 0 aliphatic carbocycles. The first-order chi connectivity index (χ1) is 8.71. The van der Waals surface area contributed by atoms with Gasteiger partial charge >= 0.3 is 5.97 Å². The summed E-state index contributed by atoms with van der Waals surface area (Å²) in [5, 5.41) is 24.8. The van der Waals surface area contributed by atoms with Crippen LogP contribution in [-0.2, 0) is 9.53 Å². The van der Waals surface area contributed by atoms with Crippen molar-refractivity contribution in [1.82, 2.24) is 0 Å². The number of hydrogen-bond acceptors (Lipinski definition) is 6. The van der Waals surface area contributed by atoms with Crippen LogP contribution in [0.2, 0.25) is 0 Å². The van der Waals surface area contributed by atoms with Gasteiger partial charge in [0, 0.05) is 0 Å². The molecule has 0 heterocycles. The summed E-state index contributed by atoms with van der Waals surface area (Å²) in [6.07, 6.45) is 0.523. The van der Waals surface area contributed by atoms with Crippen LogP contribution in [0.5, 0.6) is 0 Å². The fraction of sp³-hybridized carbons (Fsp3) is 0.167. The van der Waals surface area contributed by atoms with Gasteiger partial charge < -0.3 is 9.84 Å². The first kappa shape index (κ1) is 13.4. The van der Waals surface area contributed by atoms with Gasteiger partial charge in [0.05, 0.1) is 23.9 Å². The molecule has 0 aliphatic heterocycles. The first-order valence-electron chi connectivity index (χ1n) is 5.14. The lowest BCUT2D eigenvalue weighted by atomic mass is 10.2. The summed E-state index contributed by atoms with van der Waals surface area (Å²) in [5.41, 5.74) is 0.522. The Morgan fingerprint density at radius 3 is 3.00 bits per heavy atom. The Bertz CT molecular complexity index is 530. The molecule has 1 aromatic rings. The number of esters is 1. The van der Waals surface area contributed by atoms with Crippen LogP contribution < -0.4 is 0 Å². The monoisotopic (exact) mass is 245 g/mol. The fourth-order valence-corrected chi connectivity index (χ4v) is 1.07. The van der Waals surface area contributed by atoms with E-state index in [0.717, 1.165) is 0 Å². The van der Waals surface area contributed by atoms with Gasteiger partial charge in [-0.2, -0.15) is 10.4 Å². The maximum absolute atomic E-state index is 11.3. The molecule has 1 aromatic carbocycles. The molecule has 0 atom stereocenters. The molecular formula is C12H11N3O3. The minimum absolute atomic E-state index is 0.176. The predicted octanol–water partition coefficient (Wildman–Crippen LogP) is 2.60. The average Bonchev–Trinajstić information content (AvgIpc) is 2.40. The summed E-state index contributed by atoms with van der Waals surface area (Å²) < 4.78 is 4.65. The van der Waals surface area contributed by atoms with Crippen LogP contribution in [0.25, 0.3) is 0 Å². The van der Waals surface area contributed by atoms with E-state index < -0.39 is 5.97 Å². The maximum Gasteiger partial charge on any atom is 0.362 e. The standard InChI is InChI=1S/C12H11N3O3/c1-2-18-12(17)11(8-16)15-14-10-5-3-4-9(6-10)7-13/h3-6,8,16H,2H2,1H3/b11-8+,15-14?. The van der Waals surface area contributed by atoms with Gasteiger partial charge in [-0.3, -0.25) is 0 Å². The maximum atomic E-state index is 11.3. The van der Waals surface area contributed by atoms with Gasteiger partial charge in [-0.1, -0.05) is 6.07 Å². The van der Waals surface area contributed by atoms with E-state index in [1.165, 1.54) is 6.07 Å². The first-order valence-corrected chi connectivity index (χ1v) is 5.14. The van der Waals surface area contributed by atoms with Gasteiger partial charge in [0.2, 0.25) is 5.70 Å². The van der Waals surface area contributed by atoms with Crippen molar-refractivity contribution in [2.75, 3.05) is 6.61 Å². The number of benzene rings is 1. The quantitative estimate of drug-likeness (QED) is 0.381. The van der Waals surface area contributed by atoms with Crippen LogP contribution in [0.15, 0.2) is 46.5 Å². The number of azo groups is 1. The van der Waals surface area contributed by atoms with E-state index >= 15 is 0 Å². The van der Waals surface area contributed by atoms with Gasteiger partial charge in [-0.25, -0.2) is 4.79 Å². The van der Waals surface area contributed by atoms with Crippen LogP contribution in [0, 0.1) is 11.3 Å². The number of aliphatic hydroxyl groups excluding tert-OH is 1. The highest BCUT2D eigenvalue weighted by molar-refractivity contribution is 5.87. The van der Waals surface area contributed by atoms with E-state index in [0.29, 0.717) is 17.5 Å². The molecule has 1 rings (SSSR count). The molecule has 0 aromatic heterocycles. The average molecular weight is 245 g/mol. The third-order valence-electron chi connectivity index (χ3n) is 1.86. The molecule has 0 amide bonds. The van der Waals surface area contributed by atoms with Crippen LogP contribution in [-0.4, -0.2) is 17.7 Å². The molecule has 18 heavy (non-hydrogen) atoms. The summed E-state index contributed by atoms with van der Waals surface area (Å²) in [4.78, 5) is 11.3. The number of rotatable bonds is 4. The normalized spacial score (nSPS) is 11.2. The Morgan fingerprint density at radius 1 is 1.61 bits per heavy atom. The lowest BCUT2D eigenvalue weighted by Crippen LogP contribution is -2.05. The minimum Gasteiger partial charge on any atom is -0.513 e. The number of nitriles is 1. The van der Waals surface area contributed by atoms with Gasteiger partial charge in [0.15, 0.2) is 0 Å². The van der Waals surface area contributed by atoms with Gasteiger partial charge in [0.1, 0.15) is 6.26 Å². The SMILES string of the molecule is CCOC(=O)/C(=C\O)N=Nc1cccc(C#N)c1. The number of carbonyl (C=O) groups excluding carboxylic acids is 1. The number of aliphatic hydroxyl groups is 1. The third-order valence-corrected chi connectivity index (χ3v) is 1.86. The lowest BCUT2D eigenvalue weighted by molar-refractivity contribution is -0.138. The summed E-state index contributed by atoms with van der Waals surface area (Å²) in [5.74, 6) is -0.764. The van der Waals surface area contributed by atoms with E-state index in [2.05, 4.69) is 15.0 Å². The molecule has 0 saturated heterocycles. The van der Waals surface area contributed by atoms with Crippen LogP contribution in [0.4, 0.5) is 5.69 Å². The van der Waals surface area contributed by atoms with Gasteiger partial charge in [-0.05, 0) is 25.1 Å². The molecule has 0 spiro atoms. The number of ether oxygens (including phenoxy) is 1. The highest BCUT2D eigenvalue weighted by atomic mass is 16.5. The van der Waals surface area contributed by atoms with Crippen molar-refractivity contribution in [2.45, 2.75) is 6.92 Å². The van der Waals surface area contributed by atoms with Crippen molar-refractivity contribution in [2.24, 2.45) is 10.2 Å². The molecule has 1 N–H and O–H groups in total. The van der Waals surface area contributed by atoms with Crippen molar-refractivity contribution >= 4 is 11.7 Å². The van der Waals surface area contributed by atoms with E-state index in [1.807, 2.05) is 6.07 Å². The Hall–Kier alpha value is -2.68. The molecule has 0 saturated carbocycles. The Balaban J connectivity index is 2.85. The van der Waals surface area contributed by atoms with E-state index in [9.17, 15) is 4.79 Å². The molecular weight excluding hydrogens is 234 g/mol. The largest absolute Gasteiger partial charge is 0.513 e. The van der Waals surface area contributed by atoms with Crippen molar-refractivity contribution in [3.63, 3.8) is 0 Å². The molecule has 6 heteroatoms. The van der Waals surface area contributed by atoms with Crippen molar-refractivity contribution in [1.29, 1.82) is 5.26 Å². The van der Waals surface area contributed by atoms with E-state index in [4.69, 9.17) is 10.4 Å². The Kier molecular flexibility index (Phi) is 5.06. The second-order valence-corrected chi connectivity index (χ2v) is 3.10. The summed E-state index contributed by atoms with van der Waals surface area (Å²) >= 11 is 0. The molecule has 0 radical (unpaired) electrons. The molecule has 0 aliphatic rings. The molecule has 0 bridgehead atoms. The van der Waals surface area contributed by atoms with E-state index in [-0.39, 0.29) is 12.3 Å². The summed E-state index contributed by atoms with van der Waals surface area (Å²) in [7, 11) is 0. The molecule has 6 nitrogen and oxygen atoms in total. The van der Waals surface area contributed by atoms with Crippen molar-refractivity contribution < 1.29 is 14.6 Å². The zero-order valence-corrected chi connectivity index (χ0v) is 9.70. The van der Waals surface area contributed by atoms with Crippen LogP contribution >= 0.6 is 0 Å². The number of carbonyl (C=O) groups is 1. The zero-order valence-electron chi connectivity index (χ0n) is 9.70. The van der Waals surface area contributed by atoms with Crippen LogP contribution in [0.3, 0.4) is 0 Å². The second-order valence-electron chi connectivity index (χ2n) is 3.10. The minimum atomic E-state index is -0.764. The van der Waals surface area contributed by atoms with Crippen molar-refractivity contribution in [3.8, 4) is 6.07 Å². The third kappa shape index (κ3) is 3.72. The molecule has 92 valence electrons. The topological polar surface area (TPSA) is 95.0 Å². The van der Waals surface area contributed by atoms with Crippen LogP contribution in [0.1, 0.15) is 12.5 Å². The summed E-state index contributed by atoms with van der Waals surface area (Å²) in [6.45, 7) is 1.82. The predicted molar refractivity (Wildman–Crippen MR) is 63.0 cm³/mol. The Morgan fingerprint density at radius 2 is 2.39 bits per heavy atom. The van der Waals surface area contributed by atoms with Crippen molar-refractivity contribution in [3.05, 3.63) is 41.8 Å². The molecule has 0 fully saturated rings. The second kappa shape index (κ2) is 6.81. The zero-order chi connectivity index (χ0) is 13.4. The van der Waals surface area contributed by atoms with Gasteiger partial charge in [-0.15, -0.1) is 5.11 Å². The fourth-order valence-electron chi connectivity index (χ4n) is 1.07. The number of hydrogen-bond donors (Lipinski definition) is 1. The number of nitrogens with zero attached hydrogens (tertiary/aromatic N) is 3. The highest BCUT2D eigenvalue weighted by Gasteiger charge is 2.09. The highest BCUT2D eigenvalue weighted by Crippen LogP contribution is 2.15. The van der Waals surface area contributed by atoms with E-state index in [1.54, 1.807) is 25.1 Å². The smallest absolute Gasteiger partial charge is 0.362 e. The van der Waals surface area contributed by atoms with Gasteiger partial charge in [0.25, 0.3) is 0 Å². The summed E-state index contributed by atoms with van der Waals surface area (Å²) in [6, 6.07) is 8.33. The lowest BCUT2D eigenvalue weighted by Gasteiger charge is -1.99. The molecule has 0 unspecified atom stereocenters. The Labute approximate surface area is 104 Å².